The SMILES string of the molecule is CCOc1cc2c(cc1CNC(=O)CN1C(=O)N[C@](C)(c3ccc4c(c3)OCCO4)C1=O)O[C@H](C)C2. The van der Waals surface area contributed by atoms with Crippen LogP contribution in [0.2, 0.25) is 0 Å². The molecular weight excluding hydrogens is 466 g/mol. The van der Waals surface area contributed by atoms with Gasteiger partial charge in [-0.3, -0.25) is 14.5 Å². The highest BCUT2D eigenvalue weighted by molar-refractivity contribution is 6.09. The fourth-order valence-corrected chi connectivity index (χ4v) is 4.69. The van der Waals surface area contributed by atoms with Crippen molar-refractivity contribution in [1.29, 1.82) is 0 Å². The van der Waals surface area contributed by atoms with Crippen molar-refractivity contribution in [3.8, 4) is 23.0 Å². The number of rotatable bonds is 7. The number of nitrogens with one attached hydrogen (secondary N) is 2. The molecule has 0 aliphatic carbocycles. The van der Waals surface area contributed by atoms with Gasteiger partial charge in [0.25, 0.3) is 5.91 Å². The average molecular weight is 496 g/mol. The van der Waals surface area contributed by atoms with E-state index in [4.69, 9.17) is 18.9 Å². The van der Waals surface area contributed by atoms with Crippen molar-refractivity contribution in [3.63, 3.8) is 0 Å². The molecule has 0 aromatic heterocycles. The lowest BCUT2D eigenvalue weighted by atomic mass is 9.91. The number of ether oxygens (including phenoxy) is 4. The second-order valence-electron chi connectivity index (χ2n) is 9.21. The third-order valence-electron chi connectivity index (χ3n) is 6.55. The van der Waals surface area contributed by atoms with E-state index in [1.165, 1.54) is 0 Å². The zero-order valence-electron chi connectivity index (χ0n) is 20.5. The Bertz CT molecular complexity index is 1230. The third-order valence-corrected chi connectivity index (χ3v) is 6.55. The Balaban J connectivity index is 1.26. The van der Waals surface area contributed by atoms with E-state index < -0.39 is 29.9 Å². The van der Waals surface area contributed by atoms with Crippen LogP contribution in [0.5, 0.6) is 23.0 Å². The van der Waals surface area contributed by atoms with Gasteiger partial charge in [0, 0.05) is 24.1 Å². The predicted octanol–water partition coefficient (Wildman–Crippen LogP) is 2.26. The number of hydrogen-bond donors (Lipinski definition) is 2. The summed E-state index contributed by atoms with van der Waals surface area (Å²) in [6.07, 6.45) is 0.888. The second-order valence-corrected chi connectivity index (χ2v) is 9.21. The topological polar surface area (TPSA) is 115 Å². The van der Waals surface area contributed by atoms with Crippen LogP contribution in [-0.2, 0) is 28.1 Å². The number of benzene rings is 2. The second kappa shape index (κ2) is 9.25. The number of imide groups is 1. The van der Waals surface area contributed by atoms with Gasteiger partial charge in [-0.1, -0.05) is 6.07 Å². The first-order valence-electron chi connectivity index (χ1n) is 12.0. The maximum atomic E-state index is 13.3. The number of amides is 4. The van der Waals surface area contributed by atoms with E-state index in [0.29, 0.717) is 42.6 Å². The van der Waals surface area contributed by atoms with Gasteiger partial charge in [0.05, 0.1) is 6.61 Å². The lowest BCUT2D eigenvalue weighted by molar-refractivity contribution is -0.134. The van der Waals surface area contributed by atoms with Gasteiger partial charge in [-0.2, -0.15) is 0 Å². The van der Waals surface area contributed by atoms with E-state index in [1.54, 1.807) is 25.1 Å². The van der Waals surface area contributed by atoms with Crippen molar-refractivity contribution >= 4 is 17.8 Å². The summed E-state index contributed by atoms with van der Waals surface area (Å²) in [7, 11) is 0. The van der Waals surface area contributed by atoms with Crippen LogP contribution >= 0.6 is 0 Å². The maximum Gasteiger partial charge on any atom is 0.325 e. The van der Waals surface area contributed by atoms with Crippen LogP contribution in [0.15, 0.2) is 30.3 Å². The molecule has 2 aromatic rings. The zero-order valence-corrected chi connectivity index (χ0v) is 20.5. The van der Waals surface area contributed by atoms with E-state index in [-0.39, 0.29) is 12.6 Å². The van der Waals surface area contributed by atoms with Crippen molar-refractivity contribution in [2.75, 3.05) is 26.4 Å². The van der Waals surface area contributed by atoms with Crippen LogP contribution in [0.1, 0.15) is 37.5 Å². The Kier molecular flexibility index (Phi) is 6.11. The monoisotopic (exact) mass is 495 g/mol. The molecule has 2 aromatic carbocycles. The molecule has 10 heteroatoms. The molecule has 190 valence electrons. The quantitative estimate of drug-likeness (QED) is 0.566. The van der Waals surface area contributed by atoms with Gasteiger partial charge in [-0.15, -0.1) is 0 Å². The van der Waals surface area contributed by atoms with Crippen molar-refractivity contribution in [2.45, 2.75) is 45.4 Å². The first kappa shape index (κ1) is 23.8. The van der Waals surface area contributed by atoms with E-state index in [9.17, 15) is 14.4 Å². The van der Waals surface area contributed by atoms with Crippen molar-refractivity contribution in [2.24, 2.45) is 0 Å². The Labute approximate surface area is 208 Å². The van der Waals surface area contributed by atoms with Crippen LogP contribution in [0, 0.1) is 0 Å². The minimum Gasteiger partial charge on any atom is -0.494 e. The molecule has 10 nitrogen and oxygen atoms in total. The number of carbonyl (C=O) groups is 3. The first-order chi connectivity index (χ1) is 17.3. The highest BCUT2D eigenvalue weighted by Gasteiger charge is 2.49. The molecule has 0 radical (unpaired) electrons. The van der Waals surface area contributed by atoms with Crippen LogP contribution in [0.4, 0.5) is 4.79 Å². The molecule has 4 amide bonds. The molecule has 0 saturated carbocycles. The smallest absolute Gasteiger partial charge is 0.325 e. The maximum absolute atomic E-state index is 13.3. The Morgan fingerprint density at radius 1 is 1.17 bits per heavy atom. The summed E-state index contributed by atoms with van der Waals surface area (Å²) in [5.41, 5.74) is 1.04. The highest BCUT2D eigenvalue weighted by atomic mass is 16.6. The minimum absolute atomic E-state index is 0.0857. The molecular formula is C26H29N3O7. The van der Waals surface area contributed by atoms with Gasteiger partial charge in [0.15, 0.2) is 11.5 Å². The molecule has 0 bridgehead atoms. The molecule has 3 aliphatic rings. The number of fused-ring (bicyclic) bond motifs is 2. The summed E-state index contributed by atoms with van der Waals surface area (Å²) in [6, 6.07) is 8.28. The Morgan fingerprint density at radius 2 is 1.94 bits per heavy atom. The van der Waals surface area contributed by atoms with Crippen LogP contribution in [-0.4, -0.2) is 55.2 Å². The fraction of sp³-hybridized carbons (Fsp3) is 0.423. The van der Waals surface area contributed by atoms with Crippen molar-refractivity contribution in [3.05, 3.63) is 47.0 Å². The van der Waals surface area contributed by atoms with E-state index in [1.807, 2.05) is 26.0 Å². The fourth-order valence-electron chi connectivity index (χ4n) is 4.69. The van der Waals surface area contributed by atoms with Crippen LogP contribution < -0.4 is 29.6 Å². The Hall–Kier alpha value is -3.95. The van der Waals surface area contributed by atoms with Gasteiger partial charge in [-0.05, 0) is 50.6 Å². The summed E-state index contributed by atoms with van der Waals surface area (Å²) in [5.74, 6) is 1.56. The minimum atomic E-state index is -1.33. The lowest BCUT2D eigenvalue weighted by Gasteiger charge is -2.25. The first-order valence-corrected chi connectivity index (χ1v) is 12.0. The van der Waals surface area contributed by atoms with Gasteiger partial charge < -0.3 is 29.6 Å². The normalized spacial score (nSPS) is 22.1. The van der Waals surface area contributed by atoms with Crippen LogP contribution in [0.3, 0.4) is 0 Å². The third kappa shape index (κ3) is 4.27. The van der Waals surface area contributed by atoms with Crippen LogP contribution in [0.25, 0.3) is 0 Å². The predicted molar refractivity (Wildman–Crippen MR) is 128 cm³/mol. The molecule has 3 heterocycles. The van der Waals surface area contributed by atoms with Gasteiger partial charge in [0.2, 0.25) is 5.91 Å². The zero-order chi connectivity index (χ0) is 25.4. The van der Waals surface area contributed by atoms with Crippen molar-refractivity contribution in [1.82, 2.24) is 15.5 Å². The van der Waals surface area contributed by atoms with E-state index >= 15 is 0 Å². The summed E-state index contributed by atoms with van der Waals surface area (Å²) in [6.45, 7) is 6.60. The Morgan fingerprint density at radius 3 is 2.72 bits per heavy atom. The van der Waals surface area contributed by atoms with Crippen molar-refractivity contribution < 1.29 is 33.3 Å². The molecule has 2 atom stereocenters. The highest BCUT2D eigenvalue weighted by Crippen LogP contribution is 2.37. The summed E-state index contributed by atoms with van der Waals surface area (Å²) in [4.78, 5) is 39.6. The standard InChI is InChI=1S/C26H29N3O7/c1-4-33-20-10-16-9-15(2)36-21(16)11-17(20)13-27-23(30)14-29-24(31)26(3,28-25(29)32)18-5-6-19-22(12-18)35-8-7-34-19/h5-6,10-12,15H,4,7-9,13-14H2,1-3H3,(H,27,30)(H,28,32)/t15-,26-/m1/s1. The lowest BCUT2D eigenvalue weighted by Crippen LogP contribution is -2.43. The number of nitrogens with zero attached hydrogens (tertiary/aromatic N) is 1. The number of urea groups is 1. The van der Waals surface area contributed by atoms with Gasteiger partial charge in [0.1, 0.15) is 42.9 Å². The van der Waals surface area contributed by atoms with E-state index in [0.717, 1.165) is 28.2 Å². The molecule has 5 rings (SSSR count). The van der Waals surface area contributed by atoms with Gasteiger partial charge >= 0.3 is 6.03 Å². The number of carbonyl (C=O) groups excluding carboxylic acids is 3. The average Bonchev–Trinajstić information content (AvgIpc) is 3.33. The molecule has 1 saturated heterocycles. The summed E-state index contributed by atoms with van der Waals surface area (Å²) in [5, 5.41) is 5.51. The largest absolute Gasteiger partial charge is 0.494 e. The number of hydrogen-bond acceptors (Lipinski definition) is 7. The molecule has 0 spiro atoms. The summed E-state index contributed by atoms with van der Waals surface area (Å²) >= 11 is 0. The summed E-state index contributed by atoms with van der Waals surface area (Å²) < 4.78 is 22.7. The van der Waals surface area contributed by atoms with Gasteiger partial charge in [-0.25, -0.2) is 4.79 Å². The molecule has 2 N–H and O–H groups in total. The molecule has 1 fully saturated rings. The van der Waals surface area contributed by atoms with E-state index in [2.05, 4.69) is 10.6 Å². The molecule has 36 heavy (non-hydrogen) atoms. The molecule has 3 aliphatic heterocycles. The molecule has 0 unspecified atom stereocenters.